The fraction of sp³-hybridized carbons (Fsp3) is 0.429. The van der Waals surface area contributed by atoms with Gasteiger partial charge in [-0.15, -0.1) is 10.2 Å². The van der Waals surface area contributed by atoms with Gasteiger partial charge in [-0.05, 0) is 36.2 Å². The quantitative estimate of drug-likeness (QED) is 0.793. The summed E-state index contributed by atoms with van der Waals surface area (Å²) in [7, 11) is 1.89. The number of aromatic nitrogens is 2. The number of amides is 1. The summed E-state index contributed by atoms with van der Waals surface area (Å²) < 4.78 is 0. The van der Waals surface area contributed by atoms with Gasteiger partial charge in [-0.1, -0.05) is 38.1 Å². The second-order valence-corrected chi connectivity index (χ2v) is 7.44. The molecule has 7 heteroatoms. The fourth-order valence-electron chi connectivity index (χ4n) is 3.45. The number of hydrogen-bond donors (Lipinski definition) is 2. The number of nitrogens with zero attached hydrogens (tertiary/aromatic N) is 4. The molecule has 7 nitrogen and oxygen atoms in total. The molecule has 1 aromatic carbocycles. The lowest BCUT2D eigenvalue weighted by atomic mass is 10.0. The predicted molar refractivity (Wildman–Crippen MR) is 108 cm³/mol. The van der Waals surface area contributed by atoms with Crippen molar-refractivity contribution in [3.8, 4) is 6.07 Å². The van der Waals surface area contributed by atoms with E-state index >= 15 is 0 Å². The number of anilines is 1. The number of carbonyl (C=O) groups excluding carboxylic acids is 1. The van der Waals surface area contributed by atoms with Gasteiger partial charge in [0.25, 0.3) is 0 Å². The summed E-state index contributed by atoms with van der Waals surface area (Å²) >= 11 is 0. The van der Waals surface area contributed by atoms with E-state index in [0.29, 0.717) is 36.9 Å². The molecule has 2 aromatic rings. The molecule has 2 atom stereocenters. The summed E-state index contributed by atoms with van der Waals surface area (Å²) in [5.41, 5.74) is 2.58. The summed E-state index contributed by atoms with van der Waals surface area (Å²) in [5.74, 6) is 1.20. The Morgan fingerprint density at radius 1 is 1.18 bits per heavy atom. The molecular weight excluding hydrogens is 352 g/mol. The highest BCUT2D eigenvalue weighted by Crippen LogP contribution is 2.19. The molecule has 146 valence electrons. The van der Waals surface area contributed by atoms with E-state index in [4.69, 9.17) is 5.26 Å². The summed E-state index contributed by atoms with van der Waals surface area (Å²) in [6.45, 7) is 5.67. The van der Waals surface area contributed by atoms with E-state index in [1.165, 1.54) is 5.56 Å². The standard InChI is InChI=1S/C21H26N6O/c1-14(2)16-6-4-15(5-7-16)10-21(28)24-19-13-27(12-18(19)23-3)20-9-8-17(11-22)25-26-20/h4-9,14,18-19,23H,10,12-13H2,1-3H3,(H,24,28)/t18-,19+/m0/s1. The first-order chi connectivity index (χ1) is 13.5. The first kappa shape index (κ1) is 19.8. The fourth-order valence-corrected chi connectivity index (χ4v) is 3.45. The van der Waals surface area contributed by atoms with Gasteiger partial charge in [-0.2, -0.15) is 5.26 Å². The molecule has 3 rings (SSSR count). The molecule has 1 aliphatic rings. The van der Waals surface area contributed by atoms with Crippen molar-refractivity contribution < 1.29 is 4.79 Å². The van der Waals surface area contributed by atoms with Crippen molar-refractivity contribution in [3.63, 3.8) is 0 Å². The van der Waals surface area contributed by atoms with E-state index in [0.717, 1.165) is 5.56 Å². The van der Waals surface area contributed by atoms with Crippen LogP contribution in [0.2, 0.25) is 0 Å². The van der Waals surface area contributed by atoms with Gasteiger partial charge < -0.3 is 15.5 Å². The van der Waals surface area contributed by atoms with E-state index in [1.807, 2.05) is 25.2 Å². The Morgan fingerprint density at radius 2 is 1.89 bits per heavy atom. The third-order valence-corrected chi connectivity index (χ3v) is 5.14. The van der Waals surface area contributed by atoms with Crippen molar-refractivity contribution in [1.29, 1.82) is 5.26 Å². The summed E-state index contributed by atoms with van der Waals surface area (Å²) in [5, 5.41) is 23.3. The molecule has 0 radical (unpaired) electrons. The SMILES string of the molecule is CN[C@H]1CN(c2ccc(C#N)nn2)C[C@H]1NC(=O)Cc1ccc(C(C)C)cc1. The minimum atomic E-state index is -0.0233. The van der Waals surface area contributed by atoms with Crippen LogP contribution in [-0.4, -0.2) is 48.3 Å². The van der Waals surface area contributed by atoms with Crippen LogP contribution in [0.3, 0.4) is 0 Å². The van der Waals surface area contributed by atoms with Gasteiger partial charge in [0.1, 0.15) is 6.07 Å². The number of benzene rings is 1. The molecule has 0 spiro atoms. The maximum absolute atomic E-state index is 12.6. The van der Waals surface area contributed by atoms with E-state index < -0.39 is 0 Å². The zero-order chi connectivity index (χ0) is 20.1. The molecule has 0 unspecified atom stereocenters. The smallest absolute Gasteiger partial charge is 0.224 e. The van der Waals surface area contributed by atoms with Gasteiger partial charge in [-0.25, -0.2) is 0 Å². The second-order valence-electron chi connectivity index (χ2n) is 7.44. The highest BCUT2D eigenvalue weighted by atomic mass is 16.1. The number of nitriles is 1. The minimum Gasteiger partial charge on any atom is -0.351 e. The molecule has 1 fully saturated rings. The van der Waals surface area contributed by atoms with Crippen LogP contribution < -0.4 is 15.5 Å². The molecule has 2 N–H and O–H groups in total. The first-order valence-corrected chi connectivity index (χ1v) is 9.54. The van der Waals surface area contributed by atoms with Gasteiger partial charge >= 0.3 is 0 Å². The maximum Gasteiger partial charge on any atom is 0.224 e. The largest absolute Gasteiger partial charge is 0.351 e. The molecule has 1 aromatic heterocycles. The molecule has 28 heavy (non-hydrogen) atoms. The van der Waals surface area contributed by atoms with Crippen molar-refractivity contribution in [2.75, 3.05) is 25.0 Å². The topological polar surface area (TPSA) is 93.9 Å². The lowest BCUT2D eigenvalue weighted by Crippen LogP contribution is -2.48. The zero-order valence-electron chi connectivity index (χ0n) is 16.5. The van der Waals surface area contributed by atoms with Gasteiger partial charge in [0.15, 0.2) is 11.5 Å². The second kappa shape index (κ2) is 8.81. The third-order valence-electron chi connectivity index (χ3n) is 5.14. The maximum atomic E-state index is 12.6. The van der Waals surface area contributed by atoms with Crippen LogP contribution in [0.4, 0.5) is 5.82 Å². The van der Waals surface area contributed by atoms with E-state index in [-0.39, 0.29) is 18.0 Å². The zero-order valence-corrected chi connectivity index (χ0v) is 16.5. The highest BCUT2D eigenvalue weighted by molar-refractivity contribution is 5.79. The molecule has 0 aliphatic carbocycles. The van der Waals surface area contributed by atoms with Crippen molar-refractivity contribution in [2.24, 2.45) is 0 Å². The average Bonchev–Trinajstić information content (AvgIpc) is 3.11. The van der Waals surface area contributed by atoms with Gasteiger partial charge in [0, 0.05) is 19.1 Å². The lowest BCUT2D eigenvalue weighted by molar-refractivity contribution is -0.121. The van der Waals surface area contributed by atoms with Gasteiger partial charge in [0.05, 0.1) is 12.5 Å². The number of rotatable bonds is 6. The Morgan fingerprint density at radius 3 is 2.46 bits per heavy atom. The Labute approximate surface area is 165 Å². The van der Waals surface area contributed by atoms with Crippen molar-refractivity contribution >= 4 is 11.7 Å². The van der Waals surface area contributed by atoms with Crippen molar-refractivity contribution in [3.05, 3.63) is 53.2 Å². The van der Waals surface area contributed by atoms with Gasteiger partial charge in [0.2, 0.25) is 5.91 Å². The predicted octanol–water partition coefficient (Wildman–Crippen LogP) is 1.61. The Bertz CT molecular complexity index is 841. The number of nitrogens with one attached hydrogen (secondary N) is 2. The molecule has 0 saturated carbocycles. The van der Waals surface area contributed by atoms with Gasteiger partial charge in [-0.3, -0.25) is 4.79 Å². The summed E-state index contributed by atoms with van der Waals surface area (Å²) in [4.78, 5) is 14.6. The van der Waals surface area contributed by atoms with Crippen molar-refractivity contribution in [2.45, 2.75) is 38.3 Å². The minimum absolute atomic E-state index is 0.00955. The van der Waals surface area contributed by atoms with Crippen LogP contribution in [0.15, 0.2) is 36.4 Å². The third kappa shape index (κ3) is 4.65. The lowest BCUT2D eigenvalue weighted by Gasteiger charge is -2.19. The molecule has 2 heterocycles. The number of carbonyl (C=O) groups is 1. The Hall–Kier alpha value is -2.98. The van der Waals surface area contributed by atoms with Crippen LogP contribution in [0.25, 0.3) is 0 Å². The molecule has 1 amide bonds. The van der Waals surface area contributed by atoms with Crippen molar-refractivity contribution in [1.82, 2.24) is 20.8 Å². The molecule has 1 saturated heterocycles. The monoisotopic (exact) mass is 378 g/mol. The van der Waals surface area contributed by atoms with E-state index in [1.54, 1.807) is 12.1 Å². The van der Waals surface area contributed by atoms with Crippen LogP contribution in [0, 0.1) is 11.3 Å². The molecule has 1 aliphatic heterocycles. The Balaban J connectivity index is 1.60. The van der Waals surface area contributed by atoms with Crippen LogP contribution in [-0.2, 0) is 11.2 Å². The van der Waals surface area contributed by atoms with E-state index in [9.17, 15) is 4.79 Å². The van der Waals surface area contributed by atoms with Crippen LogP contribution in [0.1, 0.15) is 36.6 Å². The molecular formula is C21H26N6O. The number of likely N-dealkylation sites (N-methyl/N-ethyl adjacent to an activating group) is 1. The molecule has 0 bridgehead atoms. The number of hydrogen-bond acceptors (Lipinski definition) is 6. The van der Waals surface area contributed by atoms with E-state index in [2.05, 4.69) is 51.7 Å². The van der Waals surface area contributed by atoms with Crippen LogP contribution >= 0.6 is 0 Å². The Kier molecular flexibility index (Phi) is 6.22. The first-order valence-electron chi connectivity index (χ1n) is 9.54. The highest BCUT2D eigenvalue weighted by Gasteiger charge is 2.33. The van der Waals surface area contributed by atoms with Crippen LogP contribution in [0.5, 0.6) is 0 Å². The average molecular weight is 378 g/mol. The normalized spacial score (nSPS) is 18.9. The summed E-state index contributed by atoms with van der Waals surface area (Å²) in [6.07, 6.45) is 0.363. The summed E-state index contributed by atoms with van der Waals surface area (Å²) in [6, 6.07) is 13.7.